The molecule has 13 heavy (non-hydrogen) atoms. The average molecular weight is 243 g/mol. The number of hydrogen-bond acceptors (Lipinski definition) is 2. The number of rotatable bonds is 3. The Morgan fingerprint density at radius 1 is 1.54 bits per heavy atom. The number of nitrogens with one attached hydrogen (secondary N) is 1. The van der Waals surface area contributed by atoms with E-state index < -0.39 is 0 Å². The van der Waals surface area contributed by atoms with Crippen molar-refractivity contribution in [2.24, 2.45) is 0 Å². The molecule has 4 heteroatoms. The van der Waals surface area contributed by atoms with Crippen LogP contribution < -0.4 is 5.32 Å². The first kappa shape index (κ1) is 10.2. The van der Waals surface area contributed by atoms with E-state index in [0.717, 1.165) is 4.47 Å². The predicted octanol–water partition coefficient (Wildman–Crippen LogP) is 2.20. The topological polar surface area (TPSA) is 35.8 Å². The van der Waals surface area contributed by atoms with Crippen LogP contribution in [-0.4, -0.2) is 6.54 Å². The molecular formula is C9H8BrFN2. The molecule has 0 spiro atoms. The van der Waals surface area contributed by atoms with Crippen molar-refractivity contribution in [1.29, 1.82) is 5.26 Å². The SMILES string of the molecule is N#CCNCc1cc(Br)ccc1F. The molecule has 1 N–H and O–H groups in total. The highest BCUT2D eigenvalue weighted by atomic mass is 79.9. The van der Waals surface area contributed by atoms with E-state index in [1.807, 2.05) is 6.07 Å². The maximum atomic E-state index is 13.1. The van der Waals surface area contributed by atoms with E-state index >= 15 is 0 Å². The summed E-state index contributed by atoms with van der Waals surface area (Å²) in [6.07, 6.45) is 0. The second-order valence-corrected chi connectivity index (χ2v) is 3.41. The second kappa shape index (κ2) is 4.95. The summed E-state index contributed by atoms with van der Waals surface area (Å²) in [4.78, 5) is 0. The van der Waals surface area contributed by atoms with Gasteiger partial charge in [0.05, 0.1) is 12.6 Å². The van der Waals surface area contributed by atoms with Gasteiger partial charge in [-0.2, -0.15) is 5.26 Å². The Morgan fingerprint density at radius 3 is 3.00 bits per heavy atom. The third-order valence-corrected chi connectivity index (χ3v) is 2.02. The molecule has 0 saturated carbocycles. The minimum Gasteiger partial charge on any atom is -0.300 e. The third kappa shape index (κ3) is 3.13. The lowest BCUT2D eigenvalue weighted by molar-refractivity contribution is 0.597. The standard InChI is InChI=1S/C9H8BrFN2/c10-8-1-2-9(11)7(5-8)6-13-4-3-12/h1-2,5,13H,4,6H2. The smallest absolute Gasteiger partial charge is 0.127 e. The van der Waals surface area contributed by atoms with Gasteiger partial charge in [0.15, 0.2) is 0 Å². The molecule has 0 aromatic heterocycles. The zero-order chi connectivity index (χ0) is 9.68. The number of hydrogen-bond donors (Lipinski definition) is 1. The molecule has 2 nitrogen and oxygen atoms in total. The van der Waals surface area contributed by atoms with Gasteiger partial charge in [0, 0.05) is 16.6 Å². The van der Waals surface area contributed by atoms with E-state index in [1.54, 1.807) is 12.1 Å². The van der Waals surface area contributed by atoms with Crippen LogP contribution in [0.25, 0.3) is 0 Å². The Balaban J connectivity index is 2.65. The van der Waals surface area contributed by atoms with Gasteiger partial charge in [0.2, 0.25) is 0 Å². The predicted molar refractivity (Wildman–Crippen MR) is 51.4 cm³/mol. The van der Waals surface area contributed by atoms with Crippen molar-refractivity contribution in [3.05, 3.63) is 34.1 Å². The van der Waals surface area contributed by atoms with E-state index in [9.17, 15) is 4.39 Å². The summed E-state index contributed by atoms with van der Waals surface area (Å²) in [7, 11) is 0. The van der Waals surface area contributed by atoms with E-state index in [2.05, 4.69) is 21.2 Å². The van der Waals surface area contributed by atoms with E-state index in [-0.39, 0.29) is 12.4 Å². The molecule has 0 fully saturated rings. The summed E-state index contributed by atoms with van der Waals surface area (Å²) in [6.45, 7) is 0.602. The summed E-state index contributed by atoms with van der Waals surface area (Å²) >= 11 is 3.25. The first-order valence-corrected chi connectivity index (χ1v) is 4.55. The first-order valence-electron chi connectivity index (χ1n) is 3.75. The zero-order valence-electron chi connectivity index (χ0n) is 6.85. The maximum absolute atomic E-state index is 13.1. The van der Waals surface area contributed by atoms with E-state index in [0.29, 0.717) is 12.1 Å². The number of nitrogens with zero attached hydrogens (tertiary/aromatic N) is 1. The van der Waals surface area contributed by atoms with Gasteiger partial charge in [-0.15, -0.1) is 0 Å². The fourth-order valence-corrected chi connectivity index (χ4v) is 1.34. The first-order chi connectivity index (χ1) is 6.24. The van der Waals surface area contributed by atoms with Crippen molar-refractivity contribution >= 4 is 15.9 Å². The molecule has 0 amide bonds. The van der Waals surface area contributed by atoms with E-state index in [1.165, 1.54) is 6.07 Å². The summed E-state index contributed by atoms with van der Waals surface area (Å²) in [6, 6.07) is 6.66. The largest absolute Gasteiger partial charge is 0.300 e. The highest BCUT2D eigenvalue weighted by Gasteiger charge is 2.01. The van der Waals surface area contributed by atoms with Crippen LogP contribution in [0.5, 0.6) is 0 Å². The highest BCUT2D eigenvalue weighted by molar-refractivity contribution is 9.10. The Bertz CT molecular complexity index is 333. The van der Waals surface area contributed by atoms with E-state index in [4.69, 9.17) is 5.26 Å². The van der Waals surface area contributed by atoms with Crippen molar-refractivity contribution in [3.63, 3.8) is 0 Å². The molecule has 0 saturated heterocycles. The van der Waals surface area contributed by atoms with Gasteiger partial charge in [-0.3, -0.25) is 0 Å². The van der Waals surface area contributed by atoms with Gasteiger partial charge in [0.1, 0.15) is 5.82 Å². The minimum atomic E-state index is -0.256. The molecule has 0 bridgehead atoms. The fraction of sp³-hybridized carbons (Fsp3) is 0.222. The fourth-order valence-electron chi connectivity index (χ4n) is 0.932. The lowest BCUT2D eigenvalue weighted by atomic mass is 10.2. The van der Waals surface area contributed by atoms with Gasteiger partial charge in [-0.05, 0) is 18.2 Å². The Labute approximate surface area is 84.5 Å². The van der Waals surface area contributed by atoms with Crippen LogP contribution in [0.3, 0.4) is 0 Å². The van der Waals surface area contributed by atoms with Crippen LogP contribution >= 0.6 is 15.9 Å². The second-order valence-electron chi connectivity index (χ2n) is 2.50. The van der Waals surface area contributed by atoms with Crippen LogP contribution in [0.1, 0.15) is 5.56 Å². The number of nitriles is 1. The lowest BCUT2D eigenvalue weighted by Crippen LogP contribution is -2.13. The van der Waals surface area contributed by atoms with Crippen LogP contribution in [0, 0.1) is 17.1 Å². The molecule has 0 heterocycles. The zero-order valence-corrected chi connectivity index (χ0v) is 8.44. The van der Waals surface area contributed by atoms with Crippen LogP contribution in [-0.2, 0) is 6.54 Å². The highest BCUT2D eigenvalue weighted by Crippen LogP contribution is 2.14. The Morgan fingerprint density at radius 2 is 2.31 bits per heavy atom. The van der Waals surface area contributed by atoms with Gasteiger partial charge in [-0.25, -0.2) is 4.39 Å². The summed E-state index contributed by atoms with van der Waals surface area (Å²) in [5.41, 5.74) is 0.560. The van der Waals surface area contributed by atoms with Crippen molar-refractivity contribution in [2.45, 2.75) is 6.54 Å². The monoisotopic (exact) mass is 242 g/mol. The normalized spacial score (nSPS) is 9.62. The van der Waals surface area contributed by atoms with Crippen LogP contribution in [0.4, 0.5) is 4.39 Å². The maximum Gasteiger partial charge on any atom is 0.127 e. The molecule has 1 aromatic carbocycles. The third-order valence-electron chi connectivity index (χ3n) is 1.53. The molecule has 0 aliphatic heterocycles. The Hall–Kier alpha value is -0.920. The summed E-state index contributed by atoms with van der Waals surface area (Å²) < 4.78 is 13.9. The van der Waals surface area contributed by atoms with Crippen LogP contribution in [0.15, 0.2) is 22.7 Å². The van der Waals surface area contributed by atoms with Gasteiger partial charge in [0.25, 0.3) is 0 Å². The van der Waals surface area contributed by atoms with Crippen molar-refractivity contribution < 1.29 is 4.39 Å². The molecule has 0 aliphatic rings. The molecule has 1 aromatic rings. The molecule has 0 radical (unpaired) electrons. The molecule has 0 atom stereocenters. The molecule has 1 rings (SSSR count). The van der Waals surface area contributed by atoms with Gasteiger partial charge in [-0.1, -0.05) is 15.9 Å². The van der Waals surface area contributed by atoms with Gasteiger partial charge < -0.3 is 5.32 Å². The van der Waals surface area contributed by atoms with Crippen molar-refractivity contribution in [1.82, 2.24) is 5.32 Å². The Kier molecular flexibility index (Phi) is 3.87. The quantitative estimate of drug-likeness (QED) is 0.652. The summed E-state index contributed by atoms with van der Waals surface area (Å²) in [5.74, 6) is -0.256. The molecule has 68 valence electrons. The molecule has 0 aliphatic carbocycles. The van der Waals surface area contributed by atoms with Crippen molar-refractivity contribution in [3.8, 4) is 6.07 Å². The average Bonchev–Trinajstić information content (AvgIpc) is 2.11. The van der Waals surface area contributed by atoms with Gasteiger partial charge >= 0.3 is 0 Å². The minimum absolute atomic E-state index is 0.228. The molecule has 0 unspecified atom stereocenters. The number of halogens is 2. The van der Waals surface area contributed by atoms with Crippen molar-refractivity contribution in [2.75, 3.05) is 6.54 Å². The molecular weight excluding hydrogens is 235 g/mol. The number of benzene rings is 1. The van der Waals surface area contributed by atoms with Crippen LogP contribution in [0.2, 0.25) is 0 Å². The lowest BCUT2D eigenvalue weighted by Gasteiger charge is -2.02. The summed E-state index contributed by atoms with van der Waals surface area (Å²) in [5, 5.41) is 11.1.